The third kappa shape index (κ3) is 1.29. The van der Waals surface area contributed by atoms with E-state index in [2.05, 4.69) is 27.6 Å². The topological polar surface area (TPSA) is 41.6 Å². The fraction of sp³-hybridized carbons (Fsp3) is 0.0769. The van der Waals surface area contributed by atoms with Crippen LogP contribution in [0.25, 0.3) is 21.9 Å². The summed E-state index contributed by atoms with van der Waals surface area (Å²) in [6.45, 7) is 3.71. The number of nitrogens with zero attached hydrogens (tertiary/aromatic N) is 2. The average Bonchev–Trinajstić information content (AvgIpc) is 2.72. The summed E-state index contributed by atoms with van der Waals surface area (Å²) in [5.74, 6) is 0.933. The first-order valence-electron chi connectivity index (χ1n) is 5.22. The van der Waals surface area contributed by atoms with Gasteiger partial charge in [-0.3, -0.25) is 4.98 Å². The molecule has 0 amide bonds. The van der Waals surface area contributed by atoms with Gasteiger partial charge in [-0.2, -0.15) is 0 Å². The van der Waals surface area contributed by atoms with Gasteiger partial charge in [-0.1, -0.05) is 18.2 Å². The number of aromatic nitrogens is 3. The lowest BCUT2D eigenvalue weighted by molar-refractivity contribution is 1.07. The minimum atomic E-state index is 0.753. The Kier molecular flexibility index (Phi) is 1.96. The molecule has 0 aliphatic rings. The van der Waals surface area contributed by atoms with Crippen molar-refractivity contribution in [3.05, 3.63) is 48.9 Å². The molecule has 1 aromatic carbocycles. The van der Waals surface area contributed by atoms with Crippen molar-refractivity contribution in [2.24, 2.45) is 0 Å². The van der Waals surface area contributed by atoms with Crippen molar-refractivity contribution in [2.45, 2.75) is 6.42 Å². The Hall–Kier alpha value is -2.16. The fourth-order valence-electron chi connectivity index (χ4n) is 1.90. The standard InChI is InChI=1S/C13H11N3/c1-2-4-11-15-10-7-6-9-5-3-8-14-12(9)13(10)16-11/h2-3,5-8H,1,4H2,(H,15,16). The maximum Gasteiger partial charge on any atom is 0.115 e. The number of aromatic amines is 1. The summed E-state index contributed by atoms with van der Waals surface area (Å²) in [6, 6.07) is 8.08. The lowest BCUT2D eigenvalue weighted by atomic mass is 10.2. The smallest absolute Gasteiger partial charge is 0.115 e. The summed E-state index contributed by atoms with van der Waals surface area (Å²) < 4.78 is 0. The predicted octanol–water partition coefficient (Wildman–Crippen LogP) is 2.84. The number of H-pyrrole nitrogens is 1. The number of benzene rings is 1. The average molecular weight is 209 g/mol. The Morgan fingerprint density at radius 2 is 2.19 bits per heavy atom. The minimum absolute atomic E-state index is 0.753. The van der Waals surface area contributed by atoms with Gasteiger partial charge >= 0.3 is 0 Å². The molecule has 2 heterocycles. The first kappa shape index (κ1) is 9.09. The highest BCUT2D eigenvalue weighted by Gasteiger charge is 2.05. The van der Waals surface area contributed by atoms with Gasteiger partial charge in [0.15, 0.2) is 0 Å². The van der Waals surface area contributed by atoms with Crippen LogP contribution in [0.2, 0.25) is 0 Å². The van der Waals surface area contributed by atoms with Gasteiger partial charge in [-0.05, 0) is 12.1 Å². The second-order valence-corrected chi connectivity index (χ2v) is 3.71. The van der Waals surface area contributed by atoms with Crippen molar-refractivity contribution in [1.82, 2.24) is 15.0 Å². The summed E-state index contributed by atoms with van der Waals surface area (Å²) in [7, 11) is 0. The monoisotopic (exact) mass is 209 g/mol. The van der Waals surface area contributed by atoms with Crippen LogP contribution in [-0.4, -0.2) is 15.0 Å². The van der Waals surface area contributed by atoms with Crippen LogP contribution >= 0.6 is 0 Å². The SMILES string of the molecule is C=CCc1nc2c(ccc3cccnc32)[nH]1. The van der Waals surface area contributed by atoms with Crippen molar-refractivity contribution in [3.63, 3.8) is 0 Å². The van der Waals surface area contributed by atoms with Gasteiger partial charge in [0.1, 0.15) is 11.3 Å². The zero-order valence-corrected chi connectivity index (χ0v) is 8.77. The summed E-state index contributed by atoms with van der Waals surface area (Å²) >= 11 is 0. The molecule has 3 heteroatoms. The van der Waals surface area contributed by atoms with Gasteiger partial charge in [0.2, 0.25) is 0 Å². The summed E-state index contributed by atoms with van der Waals surface area (Å²) in [5.41, 5.74) is 2.92. The lowest BCUT2D eigenvalue weighted by Crippen LogP contribution is -1.82. The molecule has 3 aromatic rings. The molecule has 0 radical (unpaired) electrons. The number of allylic oxidation sites excluding steroid dienone is 1. The lowest BCUT2D eigenvalue weighted by Gasteiger charge is -1.95. The maximum atomic E-state index is 4.54. The van der Waals surface area contributed by atoms with Crippen LogP contribution in [0.5, 0.6) is 0 Å². The van der Waals surface area contributed by atoms with E-state index in [9.17, 15) is 0 Å². The molecule has 1 N–H and O–H groups in total. The van der Waals surface area contributed by atoms with Crippen LogP contribution in [0.15, 0.2) is 43.1 Å². The number of hydrogen-bond donors (Lipinski definition) is 1. The van der Waals surface area contributed by atoms with Crippen molar-refractivity contribution < 1.29 is 0 Å². The summed E-state index contributed by atoms with van der Waals surface area (Å²) in [5, 5.41) is 1.12. The van der Waals surface area contributed by atoms with E-state index in [1.165, 1.54) is 0 Å². The van der Waals surface area contributed by atoms with Gasteiger partial charge in [0.05, 0.1) is 11.0 Å². The maximum absolute atomic E-state index is 4.54. The first-order chi connectivity index (χ1) is 7.88. The van der Waals surface area contributed by atoms with Crippen LogP contribution in [0.3, 0.4) is 0 Å². The normalized spacial score (nSPS) is 11.0. The summed E-state index contributed by atoms with van der Waals surface area (Å²) in [6.07, 6.45) is 4.39. The highest BCUT2D eigenvalue weighted by Crippen LogP contribution is 2.21. The van der Waals surface area contributed by atoms with Crippen molar-refractivity contribution in [3.8, 4) is 0 Å². The summed E-state index contributed by atoms with van der Waals surface area (Å²) in [4.78, 5) is 12.2. The van der Waals surface area contributed by atoms with Crippen LogP contribution in [-0.2, 0) is 6.42 Å². The quantitative estimate of drug-likeness (QED) is 0.659. The molecule has 3 rings (SSSR count). The molecule has 0 fully saturated rings. The largest absolute Gasteiger partial charge is 0.342 e. The van der Waals surface area contributed by atoms with Gasteiger partial charge in [0, 0.05) is 18.0 Å². The van der Waals surface area contributed by atoms with E-state index in [-0.39, 0.29) is 0 Å². The van der Waals surface area contributed by atoms with E-state index < -0.39 is 0 Å². The number of nitrogens with one attached hydrogen (secondary N) is 1. The second kappa shape index (κ2) is 3.45. The van der Waals surface area contributed by atoms with Gasteiger partial charge in [0.25, 0.3) is 0 Å². The highest BCUT2D eigenvalue weighted by atomic mass is 14.9. The van der Waals surface area contributed by atoms with Crippen LogP contribution in [0.4, 0.5) is 0 Å². The number of rotatable bonds is 2. The molecule has 0 unspecified atom stereocenters. The van der Waals surface area contributed by atoms with Crippen molar-refractivity contribution in [2.75, 3.05) is 0 Å². The Bertz CT molecular complexity index is 667. The Labute approximate surface area is 92.8 Å². The molecule has 0 bridgehead atoms. The fourth-order valence-corrected chi connectivity index (χ4v) is 1.90. The van der Waals surface area contributed by atoms with Crippen LogP contribution in [0.1, 0.15) is 5.82 Å². The van der Waals surface area contributed by atoms with E-state index in [0.717, 1.165) is 34.2 Å². The highest BCUT2D eigenvalue weighted by molar-refractivity contribution is 6.01. The van der Waals surface area contributed by atoms with Gasteiger partial charge in [-0.25, -0.2) is 4.98 Å². The molecule has 3 nitrogen and oxygen atoms in total. The first-order valence-corrected chi connectivity index (χ1v) is 5.22. The third-order valence-electron chi connectivity index (χ3n) is 2.61. The molecular formula is C13H11N3. The molecular weight excluding hydrogens is 198 g/mol. The van der Waals surface area contributed by atoms with E-state index >= 15 is 0 Å². The van der Waals surface area contributed by atoms with Crippen molar-refractivity contribution in [1.29, 1.82) is 0 Å². The molecule has 0 aliphatic carbocycles. The molecule has 0 spiro atoms. The van der Waals surface area contributed by atoms with Crippen LogP contribution in [0, 0.1) is 0 Å². The zero-order chi connectivity index (χ0) is 11.0. The predicted molar refractivity (Wildman–Crippen MR) is 65.3 cm³/mol. The number of hydrogen-bond acceptors (Lipinski definition) is 2. The molecule has 0 saturated carbocycles. The molecule has 0 aliphatic heterocycles. The van der Waals surface area contributed by atoms with Gasteiger partial charge < -0.3 is 4.98 Å². The number of imidazole rings is 1. The van der Waals surface area contributed by atoms with Crippen LogP contribution < -0.4 is 0 Å². The Balaban J connectivity index is 2.36. The minimum Gasteiger partial charge on any atom is -0.342 e. The molecule has 0 atom stereocenters. The molecule has 2 aromatic heterocycles. The van der Waals surface area contributed by atoms with Gasteiger partial charge in [-0.15, -0.1) is 6.58 Å². The number of pyridine rings is 1. The molecule has 16 heavy (non-hydrogen) atoms. The Morgan fingerprint density at radius 1 is 1.25 bits per heavy atom. The second-order valence-electron chi connectivity index (χ2n) is 3.71. The van der Waals surface area contributed by atoms with E-state index in [1.54, 1.807) is 6.20 Å². The number of fused-ring (bicyclic) bond motifs is 3. The Morgan fingerprint density at radius 3 is 3.06 bits per heavy atom. The van der Waals surface area contributed by atoms with E-state index in [0.29, 0.717) is 0 Å². The van der Waals surface area contributed by atoms with Crippen molar-refractivity contribution >= 4 is 21.9 Å². The third-order valence-corrected chi connectivity index (χ3v) is 2.61. The zero-order valence-electron chi connectivity index (χ0n) is 8.77. The van der Waals surface area contributed by atoms with E-state index in [4.69, 9.17) is 0 Å². The molecule has 78 valence electrons. The molecule has 0 saturated heterocycles. The van der Waals surface area contributed by atoms with E-state index in [1.807, 2.05) is 24.3 Å².